The van der Waals surface area contributed by atoms with Gasteiger partial charge in [-0.05, 0) is 19.4 Å². The second kappa shape index (κ2) is 7.75. The number of hydrogen-bond donors (Lipinski definition) is 1. The van der Waals surface area contributed by atoms with Crippen molar-refractivity contribution in [1.29, 1.82) is 0 Å². The van der Waals surface area contributed by atoms with Crippen LogP contribution in [0.1, 0.15) is 25.3 Å². The first-order chi connectivity index (χ1) is 9.49. The van der Waals surface area contributed by atoms with Crippen molar-refractivity contribution in [3.63, 3.8) is 0 Å². The molecule has 1 aromatic carbocycles. The predicted molar refractivity (Wildman–Crippen MR) is 78.9 cm³/mol. The van der Waals surface area contributed by atoms with E-state index in [-0.39, 0.29) is 11.9 Å². The zero-order valence-electron chi connectivity index (χ0n) is 12.7. The number of ether oxygens (including phenoxy) is 2. The molecule has 0 bridgehead atoms. The predicted octanol–water partition coefficient (Wildman–Crippen LogP) is 1.79. The first kappa shape index (κ1) is 16.3. The Morgan fingerprint density at radius 3 is 2.60 bits per heavy atom. The largest absolute Gasteiger partial charge is 0.493 e. The van der Waals surface area contributed by atoms with Crippen LogP contribution in [0.4, 0.5) is 0 Å². The molecule has 0 saturated heterocycles. The van der Waals surface area contributed by atoms with Crippen molar-refractivity contribution in [2.24, 2.45) is 5.73 Å². The molecule has 0 heterocycles. The number of amides is 1. The summed E-state index contributed by atoms with van der Waals surface area (Å²) in [6.07, 6.45) is 1.15. The van der Waals surface area contributed by atoms with Crippen molar-refractivity contribution in [2.75, 3.05) is 21.3 Å². The molecule has 1 atom stereocenters. The topological polar surface area (TPSA) is 64.8 Å². The highest BCUT2D eigenvalue weighted by Crippen LogP contribution is 2.31. The maximum Gasteiger partial charge on any atom is 0.222 e. The van der Waals surface area contributed by atoms with Gasteiger partial charge in [-0.1, -0.05) is 12.1 Å². The molecule has 0 fully saturated rings. The van der Waals surface area contributed by atoms with Gasteiger partial charge in [0.25, 0.3) is 0 Å². The summed E-state index contributed by atoms with van der Waals surface area (Å²) < 4.78 is 10.6. The Hall–Kier alpha value is -1.75. The number of benzene rings is 1. The highest BCUT2D eigenvalue weighted by Gasteiger charge is 2.15. The van der Waals surface area contributed by atoms with Gasteiger partial charge >= 0.3 is 0 Å². The van der Waals surface area contributed by atoms with Gasteiger partial charge in [-0.25, -0.2) is 0 Å². The lowest BCUT2D eigenvalue weighted by atomic mass is 10.1. The van der Waals surface area contributed by atoms with Gasteiger partial charge in [-0.15, -0.1) is 0 Å². The summed E-state index contributed by atoms with van der Waals surface area (Å²) in [5.74, 6) is 1.41. The number of carbonyl (C=O) groups excluding carboxylic acids is 1. The minimum atomic E-state index is 0.0405. The minimum absolute atomic E-state index is 0.0405. The number of rotatable bonds is 7. The van der Waals surface area contributed by atoms with Gasteiger partial charge in [0.15, 0.2) is 11.5 Å². The van der Waals surface area contributed by atoms with Crippen molar-refractivity contribution >= 4 is 5.91 Å². The Labute approximate surface area is 120 Å². The zero-order chi connectivity index (χ0) is 15.1. The molecular formula is C15H24N2O3. The molecule has 5 nitrogen and oxygen atoms in total. The van der Waals surface area contributed by atoms with Crippen LogP contribution in [0.2, 0.25) is 0 Å². The molecule has 2 N–H and O–H groups in total. The Kier molecular flexibility index (Phi) is 6.31. The van der Waals surface area contributed by atoms with Gasteiger partial charge in [0.2, 0.25) is 5.91 Å². The van der Waals surface area contributed by atoms with E-state index >= 15 is 0 Å². The third-order valence-corrected chi connectivity index (χ3v) is 3.13. The molecule has 112 valence electrons. The van der Waals surface area contributed by atoms with E-state index in [4.69, 9.17) is 15.2 Å². The van der Waals surface area contributed by atoms with Gasteiger partial charge in [-0.2, -0.15) is 0 Å². The van der Waals surface area contributed by atoms with Crippen LogP contribution in [0.25, 0.3) is 0 Å². The van der Waals surface area contributed by atoms with E-state index in [0.29, 0.717) is 30.9 Å². The van der Waals surface area contributed by atoms with Gasteiger partial charge < -0.3 is 20.1 Å². The second-order valence-corrected chi connectivity index (χ2v) is 4.92. The molecule has 1 amide bonds. The average Bonchev–Trinajstić information content (AvgIpc) is 2.44. The van der Waals surface area contributed by atoms with Crippen LogP contribution in [0.15, 0.2) is 18.2 Å². The molecule has 1 aromatic rings. The highest BCUT2D eigenvalue weighted by molar-refractivity contribution is 5.76. The maximum atomic E-state index is 12.0. The number of nitrogens with two attached hydrogens (primary N) is 1. The summed E-state index contributed by atoms with van der Waals surface area (Å²) in [6, 6.07) is 5.69. The molecule has 0 aliphatic heterocycles. The fourth-order valence-electron chi connectivity index (χ4n) is 1.96. The fraction of sp³-hybridized carbons (Fsp3) is 0.533. The van der Waals surface area contributed by atoms with Crippen molar-refractivity contribution in [2.45, 2.75) is 32.4 Å². The van der Waals surface area contributed by atoms with Crippen LogP contribution < -0.4 is 15.2 Å². The van der Waals surface area contributed by atoms with Crippen LogP contribution in [0.3, 0.4) is 0 Å². The van der Waals surface area contributed by atoms with Crippen molar-refractivity contribution < 1.29 is 14.3 Å². The van der Waals surface area contributed by atoms with E-state index in [1.165, 1.54) is 0 Å². The fourth-order valence-corrected chi connectivity index (χ4v) is 1.96. The average molecular weight is 280 g/mol. The lowest BCUT2D eigenvalue weighted by Crippen LogP contribution is -2.28. The number of nitrogens with zero attached hydrogens (tertiary/aromatic N) is 1. The monoisotopic (exact) mass is 280 g/mol. The molecule has 0 radical (unpaired) electrons. The third-order valence-electron chi connectivity index (χ3n) is 3.13. The van der Waals surface area contributed by atoms with E-state index in [0.717, 1.165) is 5.56 Å². The van der Waals surface area contributed by atoms with Crippen LogP contribution in [-0.4, -0.2) is 38.1 Å². The number of hydrogen-bond acceptors (Lipinski definition) is 4. The van der Waals surface area contributed by atoms with Crippen LogP contribution in [0.5, 0.6) is 11.5 Å². The summed E-state index contributed by atoms with van der Waals surface area (Å²) in [7, 11) is 4.97. The first-order valence-corrected chi connectivity index (χ1v) is 6.69. The van der Waals surface area contributed by atoms with Gasteiger partial charge in [0.1, 0.15) is 0 Å². The third kappa shape index (κ3) is 4.42. The summed E-state index contributed by atoms with van der Waals surface area (Å²) >= 11 is 0. The summed E-state index contributed by atoms with van der Waals surface area (Å²) in [4.78, 5) is 13.7. The van der Waals surface area contributed by atoms with E-state index in [1.807, 2.05) is 25.1 Å². The molecule has 0 spiro atoms. The summed E-state index contributed by atoms with van der Waals surface area (Å²) in [6.45, 7) is 2.39. The zero-order valence-corrected chi connectivity index (χ0v) is 12.7. The standard InChI is InChI=1S/C15H24N2O3/c1-11(16)8-9-14(18)17(2)10-12-6-5-7-13(19-3)15(12)20-4/h5-7,11H,8-10,16H2,1-4H3. The van der Waals surface area contributed by atoms with Gasteiger partial charge in [0.05, 0.1) is 14.2 Å². The van der Waals surface area contributed by atoms with Crippen molar-refractivity contribution in [3.8, 4) is 11.5 Å². The Morgan fingerprint density at radius 2 is 2.05 bits per heavy atom. The molecular weight excluding hydrogens is 256 g/mol. The number of para-hydroxylation sites is 1. The van der Waals surface area contributed by atoms with E-state index in [1.54, 1.807) is 26.2 Å². The molecule has 0 saturated carbocycles. The molecule has 20 heavy (non-hydrogen) atoms. The molecule has 0 aliphatic rings. The molecule has 1 unspecified atom stereocenters. The Balaban J connectivity index is 2.75. The van der Waals surface area contributed by atoms with E-state index in [9.17, 15) is 4.79 Å². The Morgan fingerprint density at radius 1 is 1.35 bits per heavy atom. The maximum absolute atomic E-state index is 12.0. The van der Waals surface area contributed by atoms with Gasteiger partial charge in [-0.3, -0.25) is 4.79 Å². The summed E-state index contributed by atoms with van der Waals surface area (Å²) in [5, 5.41) is 0. The van der Waals surface area contributed by atoms with Crippen LogP contribution >= 0.6 is 0 Å². The molecule has 0 aromatic heterocycles. The normalized spacial score (nSPS) is 11.8. The van der Waals surface area contributed by atoms with E-state index < -0.39 is 0 Å². The quantitative estimate of drug-likeness (QED) is 0.827. The first-order valence-electron chi connectivity index (χ1n) is 6.69. The van der Waals surface area contributed by atoms with Crippen molar-refractivity contribution in [3.05, 3.63) is 23.8 Å². The highest BCUT2D eigenvalue weighted by atomic mass is 16.5. The van der Waals surface area contributed by atoms with Gasteiger partial charge in [0, 0.05) is 31.6 Å². The van der Waals surface area contributed by atoms with Crippen molar-refractivity contribution in [1.82, 2.24) is 4.90 Å². The molecule has 0 aliphatic carbocycles. The SMILES string of the molecule is COc1cccc(CN(C)C(=O)CCC(C)N)c1OC. The molecule has 1 rings (SSSR count). The van der Waals surface area contributed by atoms with E-state index in [2.05, 4.69) is 0 Å². The molecule has 5 heteroatoms. The lowest BCUT2D eigenvalue weighted by Gasteiger charge is -2.20. The smallest absolute Gasteiger partial charge is 0.222 e. The van der Waals surface area contributed by atoms with Crippen LogP contribution in [0, 0.1) is 0 Å². The summed E-state index contributed by atoms with van der Waals surface area (Å²) in [5.41, 5.74) is 6.59. The minimum Gasteiger partial charge on any atom is -0.493 e. The second-order valence-electron chi connectivity index (χ2n) is 4.92. The number of methoxy groups -OCH3 is 2. The Bertz CT molecular complexity index is 447. The lowest BCUT2D eigenvalue weighted by molar-refractivity contribution is -0.130. The number of carbonyl (C=O) groups is 1. The van der Waals surface area contributed by atoms with Crippen LogP contribution in [-0.2, 0) is 11.3 Å².